The van der Waals surface area contributed by atoms with Crippen molar-refractivity contribution in [3.05, 3.63) is 22.3 Å². The van der Waals surface area contributed by atoms with Gasteiger partial charge in [0, 0.05) is 18.1 Å². The van der Waals surface area contributed by atoms with Crippen LogP contribution < -0.4 is 0 Å². The van der Waals surface area contributed by atoms with Crippen LogP contribution in [0.4, 0.5) is 0 Å². The third-order valence-corrected chi connectivity index (χ3v) is 31.6. The van der Waals surface area contributed by atoms with Crippen LogP contribution in [0.5, 0.6) is 0 Å². The lowest BCUT2D eigenvalue weighted by atomic mass is 9.68. The first-order chi connectivity index (χ1) is 42.4. The fraction of sp³-hybridized carbons (Fsp3) is 0.293. The highest BCUT2D eigenvalue weighted by atomic mass is 33.1. The molecule has 2 spiro atoms. The molecule has 1 nitrogen and oxygen atoms in total. The first kappa shape index (κ1) is 39.0. The zero-order valence-corrected chi connectivity index (χ0v) is 48.7. The van der Waals surface area contributed by atoms with E-state index in [4.69, 9.17) is 0 Å². The number of hydrogen-bond donors (Lipinski definition) is 0. The predicted octanol–water partition coefficient (Wildman–Crippen LogP) is 24.9. The van der Waals surface area contributed by atoms with Crippen molar-refractivity contribution in [2.24, 2.45) is 0 Å². The van der Waals surface area contributed by atoms with Gasteiger partial charge in [-0.1, -0.05) is 125 Å². The Bertz CT molecular complexity index is 6830. The molecule has 390 valence electrons. The highest BCUT2D eigenvalue weighted by molar-refractivity contribution is 8.76. The van der Waals surface area contributed by atoms with Gasteiger partial charge in [0.2, 0.25) is 0 Å². The Morgan fingerprint density at radius 1 is 0.188 bits per heavy atom. The van der Waals surface area contributed by atoms with Gasteiger partial charge in [-0.15, -0.1) is 0 Å². The van der Waals surface area contributed by atoms with Crippen molar-refractivity contribution in [1.29, 1.82) is 0 Å². The van der Waals surface area contributed by atoms with E-state index < -0.39 is 0 Å². The van der Waals surface area contributed by atoms with Gasteiger partial charge in [-0.25, -0.2) is 0 Å². The van der Waals surface area contributed by atoms with Crippen molar-refractivity contribution in [3.63, 3.8) is 0 Å². The lowest BCUT2D eigenvalue weighted by molar-refractivity contribution is 0.407. The van der Waals surface area contributed by atoms with Crippen molar-refractivity contribution in [2.75, 3.05) is 18.1 Å². The van der Waals surface area contributed by atoms with E-state index in [1.807, 2.05) is 22.3 Å². The molecule has 0 N–H and O–H groups in total. The van der Waals surface area contributed by atoms with Gasteiger partial charge in [0.05, 0.1) is 0 Å². The third-order valence-electron chi connectivity index (χ3n) is 29.0. The average molecular weight is 1110 g/mol. The van der Waals surface area contributed by atoms with E-state index in [9.17, 15) is 0 Å². The lowest BCUT2D eigenvalue weighted by Gasteiger charge is -2.30. The van der Waals surface area contributed by atoms with Gasteiger partial charge in [0.15, 0.2) is 0 Å². The summed E-state index contributed by atoms with van der Waals surface area (Å²) in [6, 6.07) is 0. The average Bonchev–Trinajstić information content (AvgIpc) is 1.37. The van der Waals surface area contributed by atoms with Gasteiger partial charge in [-0.3, -0.25) is 4.90 Å². The summed E-state index contributed by atoms with van der Waals surface area (Å²) in [6.07, 6.45) is 25.4. The van der Waals surface area contributed by atoms with Crippen LogP contribution in [0, 0.1) is 0 Å². The fourth-order valence-corrected chi connectivity index (χ4v) is 30.0. The molecule has 0 aromatic heterocycles. The van der Waals surface area contributed by atoms with Crippen LogP contribution >= 0.6 is 21.6 Å². The van der Waals surface area contributed by atoms with Crippen LogP contribution in [0.2, 0.25) is 0 Å². The Kier molecular flexibility index (Phi) is 4.88. The molecule has 0 unspecified atom stereocenters. The van der Waals surface area contributed by atoms with Gasteiger partial charge >= 0.3 is 0 Å². The maximum absolute atomic E-state index is 3.34. The highest BCUT2D eigenvalue weighted by Gasteiger charge is 2.85. The van der Waals surface area contributed by atoms with Crippen LogP contribution in [0.3, 0.4) is 0 Å². The van der Waals surface area contributed by atoms with Gasteiger partial charge in [0.1, 0.15) is 11.1 Å². The first-order valence-corrected chi connectivity index (χ1v) is 36.7. The van der Waals surface area contributed by atoms with Crippen LogP contribution in [-0.2, 0) is 11.1 Å². The van der Waals surface area contributed by atoms with E-state index >= 15 is 0 Å². The fourth-order valence-electron chi connectivity index (χ4n) is 27.7. The first-order valence-electron chi connectivity index (χ1n) is 34.2. The van der Waals surface area contributed by atoms with Crippen molar-refractivity contribution in [2.45, 2.75) is 134 Å². The summed E-state index contributed by atoms with van der Waals surface area (Å²) < 4.78 is 0. The highest BCUT2D eigenvalue weighted by Crippen LogP contribution is 2.90. The maximum Gasteiger partial charge on any atom is 0.102 e. The molecule has 33 rings (SSSR count). The molecule has 0 amide bonds. The zero-order valence-electron chi connectivity index (χ0n) is 47.1. The summed E-state index contributed by atoms with van der Waals surface area (Å²) in [5.74, 6) is 2.69. The summed E-state index contributed by atoms with van der Waals surface area (Å²) >= 11 is 0. The van der Waals surface area contributed by atoms with Gasteiger partial charge in [-0.05, 0) is 332 Å². The molecule has 1 saturated heterocycles. The van der Waals surface area contributed by atoms with Crippen LogP contribution in [0.15, 0.2) is 0 Å². The van der Waals surface area contributed by atoms with E-state index in [1.165, 1.54) is 134 Å². The molecule has 28 aromatic rings. The minimum absolute atomic E-state index is 0.164. The second-order valence-electron chi connectivity index (χ2n) is 31.0. The molecule has 85 heavy (non-hydrogen) atoms. The third kappa shape index (κ3) is 2.72. The predicted molar refractivity (Wildman–Crippen MR) is 374 cm³/mol. The van der Waals surface area contributed by atoms with E-state index in [1.54, 1.807) is 291 Å². The van der Waals surface area contributed by atoms with E-state index in [-0.39, 0.29) is 11.1 Å². The molecule has 1 heterocycles. The quantitative estimate of drug-likeness (QED) is 0.0272. The van der Waals surface area contributed by atoms with Gasteiger partial charge < -0.3 is 0 Å². The molecular weight excluding hydrogens is 1060 g/mol. The Balaban J connectivity index is 0.631. The second-order valence-corrected chi connectivity index (χ2v) is 33.7. The molecule has 0 bridgehead atoms. The molecule has 1 aliphatic heterocycles. The summed E-state index contributed by atoms with van der Waals surface area (Å²) in [5.41, 5.74) is 6.94. The smallest absolute Gasteiger partial charge is 0.102 e. The SMILES string of the molecule is CCCCCCCCCCCSSCCCCCCCCCCCN1C23c4c5c6c7c8c9c(c%10c%11c2c2c4c4c%12c5c5c6c6c8c8c%13c9c9c%10c%10c%11c%11c2c2c4c4c%12c%12c5c5c6c8c6c8c%13c9c9c%10c%10c%11c2c2c4c4c%12c5c6c5c8c9c%10c2c45)C713. The number of nitrogens with zero attached hydrogens (tertiary/aromatic N) is 1. The maximum atomic E-state index is 3.34. The number of unbranched alkanes of at least 4 members (excludes halogenated alkanes) is 16. The van der Waals surface area contributed by atoms with Gasteiger partial charge in [0.25, 0.3) is 0 Å². The van der Waals surface area contributed by atoms with Crippen LogP contribution in [-0.4, -0.2) is 23.0 Å². The molecule has 1 fully saturated rings. The largest absolute Gasteiger partial charge is 0.271 e. The topological polar surface area (TPSA) is 3.01 Å². The van der Waals surface area contributed by atoms with Crippen LogP contribution in [0.25, 0.3) is 291 Å². The van der Waals surface area contributed by atoms with E-state index in [0.29, 0.717) is 0 Å². The molecule has 0 saturated carbocycles. The minimum Gasteiger partial charge on any atom is -0.271 e. The zero-order chi connectivity index (χ0) is 52.3. The number of rotatable bonds is 23. The standard InChI is InChI=1S/C82H45NS2/c1-2-3-4-5-6-9-12-15-18-21-84-85-22-19-16-13-10-7-8-11-14-17-20-83-81-77-69-61-51-41-33-25-23-24-27-31-29(25)37-45-39(31)49-43-35(27)36-28(24)32-30-26(23)34(33)42-48-38(30)46-40(32)50-44(36)54-53(43)63-57(49)67-59(45)65(55(61)47(37)41)73(77)75(67)79-71(63)72-64(54)58(50)68-60(46)66-56(48)62(52(42)51)70(69)78(81)74(66)76(68)80(72)82(79,81)83/h2-22H2,1H3. The number of hydrogen-bond acceptors (Lipinski definition) is 3. The lowest BCUT2D eigenvalue weighted by Crippen LogP contribution is -2.27. The normalized spacial score (nSPS) is 21.4. The number of benzene rings is 18. The summed E-state index contributed by atoms with van der Waals surface area (Å²) in [5, 5.41) is 92.1. The molecule has 28 aromatic carbocycles. The van der Waals surface area contributed by atoms with E-state index in [0.717, 1.165) is 0 Å². The Hall–Kier alpha value is -6.88. The summed E-state index contributed by atoms with van der Waals surface area (Å²) in [6.45, 7) is 3.52. The Labute approximate surface area is 487 Å². The Morgan fingerprint density at radius 2 is 0.341 bits per heavy atom. The van der Waals surface area contributed by atoms with Crippen molar-refractivity contribution in [1.82, 2.24) is 4.90 Å². The summed E-state index contributed by atoms with van der Waals surface area (Å²) in [4.78, 5) is 3.34. The molecule has 4 aliphatic carbocycles. The van der Waals surface area contributed by atoms with Crippen molar-refractivity contribution >= 4 is 312 Å². The van der Waals surface area contributed by atoms with Crippen LogP contribution in [0.1, 0.15) is 145 Å². The summed E-state index contributed by atoms with van der Waals surface area (Å²) in [7, 11) is 4.32. The molecule has 0 radical (unpaired) electrons. The second kappa shape index (κ2) is 10.6. The molecule has 3 heteroatoms. The van der Waals surface area contributed by atoms with Crippen molar-refractivity contribution in [3.8, 4) is 0 Å². The minimum atomic E-state index is -0.164. The monoisotopic (exact) mass is 1110 g/mol. The molecular formula is C82H45NS2. The van der Waals surface area contributed by atoms with Crippen molar-refractivity contribution < 1.29 is 0 Å². The van der Waals surface area contributed by atoms with E-state index in [2.05, 4.69) is 33.4 Å². The van der Waals surface area contributed by atoms with Gasteiger partial charge in [-0.2, -0.15) is 0 Å². The molecule has 0 atom stereocenters. The Morgan fingerprint density at radius 3 is 0.529 bits per heavy atom. The molecule has 5 aliphatic rings.